The number of hydrogen-bond donors (Lipinski definition) is 3. The minimum absolute atomic E-state index is 0.0144. The molecule has 1 fully saturated rings. The lowest BCUT2D eigenvalue weighted by Gasteiger charge is -2.24. The number of aromatic hydroxyl groups is 1. The molecular formula is C14H20N2O2. The van der Waals surface area contributed by atoms with Gasteiger partial charge >= 0.3 is 0 Å². The van der Waals surface area contributed by atoms with Gasteiger partial charge < -0.3 is 15.7 Å². The summed E-state index contributed by atoms with van der Waals surface area (Å²) in [5, 5.41) is 15.7. The van der Waals surface area contributed by atoms with Crippen LogP contribution in [0.3, 0.4) is 0 Å². The van der Waals surface area contributed by atoms with Crippen molar-refractivity contribution in [2.45, 2.75) is 32.2 Å². The Balaban J connectivity index is 1.99. The average Bonchev–Trinajstić information content (AvgIpc) is 2.74. The number of carbonyl (C=O) groups is 1. The highest BCUT2D eigenvalue weighted by atomic mass is 16.3. The molecule has 3 N–H and O–H groups in total. The molecule has 2 rings (SSSR count). The molecule has 0 saturated carbocycles. The molecule has 0 radical (unpaired) electrons. The van der Waals surface area contributed by atoms with E-state index >= 15 is 0 Å². The largest absolute Gasteiger partial charge is 0.508 e. The third-order valence-corrected chi connectivity index (χ3v) is 3.55. The summed E-state index contributed by atoms with van der Waals surface area (Å²) in [6.45, 7) is 5.60. The monoisotopic (exact) mass is 248 g/mol. The number of amides is 1. The summed E-state index contributed by atoms with van der Waals surface area (Å²) in [4.78, 5) is 12.1. The van der Waals surface area contributed by atoms with Gasteiger partial charge in [-0.2, -0.15) is 0 Å². The molecular weight excluding hydrogens is 228 g/mol. The Hall–Kier alpha value is -1.55. The van der Waals surface area contributed by atoms with Crippen molar-refractivity contribution in [3.8, 4) is 5.75 Å². The first-order valence-corrected chi connectivity index (χ1v) is 6.33. The fraction of sp³-hybridized carbons (Fsp3) is 0.500. The summed E-state index contributed by atoms with van der Waals surface area (Å²) in [5.74, 6) is 0.107. The van der Waals surface area contributed by atoms with Crippen molar-refractivity contribution in [1.29, 1.82) is 0 Å². The molecule has 1 unspecified atom stereocenters. The molecule has 0 spiro atoms. The number of benzene rings is 1. The Morgan fingerprint density at radius 1 is 1.56 bits per heavy atom. The molecule has 1 aromatic rings. The fourth-order valence-corrected chi connectivity index (χ4v) is 2.38. The molecule has 18 heavy (non-hydrogen) atoms. The summed E-state index contributed by atoms with van der Waals surface area (Å²) in [6, 6.07) is 4.80. The number of phenols is 1. The molecule has 1 amide bonds. The quantitative estimate of drug-likeness (QED) is 0.761. The molecule has 0 bridgehead atoms. The van der Waals surface area contributed by atoms with Crippen molar-refractivity contribution in [2.75, 3.05) is 13.1 Å². The summed E-state index contributed by atoms with van der Waals surface area (Å²) >= 11 is 0. The van der Waals surface area contributed by atoms with E-state index < -0.39 is 0 Å². The van der Waals surface area contributed by atoms with Crippen LogP contribution in [-0.4, -0.2) is 29.6 Å². The topological polar surface area (TPSA) is 61.4 Å². The van der Waals surface area contributed by atoms with Gasteiger partial charge in [-0.3, -0.25) is 4.79 Å². The van der Waals surface area contributed by atoms with Gasteiger partial charge in [0.2, 0.25) is 0 Å². The maximum atomic E-state index is 12.1. The summed E-state index contributed by atoms with van der Waals surface area (Å²) in [7, 11) is 0. The molecule has 1 heterocycles. The van der Waals surface area contributed by atoms with E-state index in [2.05, 4.69) is 17.6 Å². The lowest BCUT2D eigenvalue weighted by atomic mass is 10.00. The van der Waals surface area contributed by atoms with Gasteiger partial charge in [-0.25, -0.2) is 0 Å². The Morgan fingerprint density at radius 2 is 2.33 bits per heavy atom. The zero-order valence-corrected chi connectivity index (χ0v) is 10.9. The molecule has 1 saturated heterocycles. The Bertz CT molecular complexity index is 451. The zero-order valence-electron chi connectivity index (χ0n) is 10.9. The third-order valence-electron chi connectivity index (χ3n) is 3.55. The SMILES string of the molecule is Cc1cc(O)ccc1C(=O)NCC1(C)CCCN1. The predicted octanol–water partition coefficient (Wildman–Crippen LogP) is 1.57. The van der Waals surface area contributed by atoms with Crippen LogP contribution >= 0.6 is 0 Å². The highest BCUT2D eigenvalue weighted by molar-refractivity contribution is 5.95. The molecule has 0 aromatic heterocycles. The van der Waals surface area contributed by atoms with Crippen LogP contribution in [0.15, 0.2) is 18.2 Å². The van der Waals surface area contributed by atoms with Crippen LogP contribution in [0.1, 0.15) is 35.7 Å². The minimum atomic E-state index is -0.0811. The molecule has 1 aliphatic rings. The van der Waals surface area contributed by atoms with Crippen molar-refractivity contribution in [3.63, 3.8) is 0 Å². The van der Waals surface area contributed by atoms with Crippen LogP contribution in [0.5, 0.6) is 5.75 Å². The Kier molecular flexibility index (Phi) is 3.57. The van der Waals surface area contributed by atoms with Gasteiger partial charge in [0.25, 0.3) is 5.91 Å². The standard InChI is InChI=1S/C14H20N2O2/c1-10-8-11(17)4-5-12(10)13(18)15-9-14(2)6-3-7-16-14/h4-5,8,16-17H,3,6-7,9H2,1-2H3,(H,15,18). The van der Waals surface area contributed by atoms with Crippen LogP contribution in [0, 0.1) is 6.92 Å². The van der Waals surface area contributed by atoms with Gasteiger partial charge in [0.1, 0.15) is 5.75 Å². The Morgan fingerprint density at radius 3 is 2.94 bits per heavy atom. The van der Waals surface area contributed by atoms with Gasteiger partial charge in [-0.15, -0.1) is 0 Å². The van der Waals surface area contributed by atoms with E-state index in [1.807, 2.05) is 6.92 Å². The first-order chi connectivity index (χ1) is 8.50. The Labute approximate surface area is 107 Å². The molecule has 1 aromatic carbocycles. The van der Waals surface area contributed by atoms with Gasteiger partial charge in [0.05, 0.1) is 0 Å². The first kappa shape index (κ1) is 12.9. The number of rotatable bonds is 3. The highest BCUT2D eigenvalue weighted by Crippen LogP contribution is 2.18. The second-order valence-electron chi connectivity index (χ2n) is 5.27. The van der Waals surface area contributed by atoms with E-state index in [1.165, 1.54) is 6.07 Å². The van der Waals surface area contributed by atoms with Crippen LogP contribution < -0.4 is 10.6 Å². The molecule has 1 atom stereocenters. The second kappa shape index (κ2) is 4.98. The molecule has 4 nitrogen and oxygen atoms in total. The van der Waals surface area contributed by atoms with Crippen LogP contribution in [0.2, 0.25) is 0 Å². The van der Waals surface area contributed by atoms with E-state index in [0.29, 0.717) is 12.1 Å². The lowest BCUT2D eigenvalue weighted by Crippen LogP contribution is -2.47. The summed E-state index contributed by atoms with van der Waals surface area (Å²) in [5.41, 5.74) is 1.42. The van der Waals surface area contributed by atoms with Crippen LogP contribution in [0.4, 0.5) is 0 Å². The smallest absolute Gasteiger partial charge is 0.251 e. The second-order valence-corrected chi connectivity index (χ2v) is 5.27. The maximum absolute atomic E-state index is 12.1. The van der Waals surface area contributed by atoms with E-state index in [4.69, 9.17) is 0 Å². The van der Waals surface area contributed by atoms with Crippen molar-refractivity contribution >= 4 is 5.91 Å². The van der Waals surface area contributed by atoms with Crippen molar-refractivity contribution in [1.82, 2.24) is 10.6 Å². The van der Waals surface area contributed by atoms with Gasteiger partial charge in [-0.1, -0.05) is 0 Å². The molecule has 0 aliphatic carbocycles. The van der Waals surface area contributed by atoms with E-state index in [9.17, 15) is 9.90 Å². The van der Waals surface area contributed by atoms with Crippen LogP contribution in [0.25, 0.3) is 0 Å². The van der Waals surface area contributed by atoms with Crippen molar-refractivity contribution in [2.24, 2.45) is 0 Å². The summed E-state index contributed by atoms with van der Waals surface area (Å²) < 4.78 is 0. The average molecular weight is 248 g/mol. The fourth-order valence-electron chi connectivity index (χ4n) is 2.38. The lowest BCUT2D eigenvalue weighted by molar-refractivity contribution is 0.0942. The number of hydrogen-bond acceptors (Lipinski definition) is 3. The van der Waals surface area contributed by atoms with E-state index in [0.717, 1.165) is 24.9 Å². The summed E-state index contributed by atoms with van der Waals surface area (Å²) in [6.07, 6.45) is 2.24. The van der Waals surface area contributed by atoms with Gasteiger partial charge in [-0.05, 0) is 57.0 Å². The molecule has 98 valence electrons. The number of aryl methyl sites for hydroxylation is 1. The van der Waals surface area contributed by atoms with E-state index in [1.54, 1.807) is 12.1 Å². The minimum Gasteiger partial charge on any atom is -0.508 e. The van der Waals surface area contributed by atoms with Crippen molar-refractivity contribution in [3.05, 3.63) is 29.3 Å². The van der Waals surface area contributed by atoms with Gasteiger partial charge in [0.15, 0.2) is 0 Å². The maximum Gasteiger partial charge on any atom is 0.251 e. The van der Waals surface area contributed by atoms with E-state index in [-0.39, 0.29) is 17.2 Å². The number of phenolic OH excluding ortho intramolecular Hbond substituents is 1. The predicted molar refractivity (Wildman–Crippen MR) is 70.8 cm³/mol. The zero-order chi connectivity index (χ0) is 13.2. The molecule has 1 aliphatic heterocycles. The van der Waals surface area contributed by atoms with Gasteiger partial charge in [0, 0.05) is 17.6 Å². The number of nitrogens with one attached hydrogen (secondary N) is 2. The highest BCUT2D eigenvalue weighted by Gasteiger charge is 2.28. The van der Waals surface area contributed by atoms with Crippen LogP contribution in [-0.2, 0) is 0 Å². The number of carbonyl (C=O) groups excluding carboxylic acids is 1. The molecule has 4 heteroatoms. The first-order valence-electron chi connectivity index (χ1n) is 6.33. The third kappa shape index (κ3) is 2.82. The normalized spacial score (nSPS) is 23.0. The van der Waals surface area contributed by atoms with Crippen molar-refractivity contribution < 1.29 is 9.90 Å².